The zero-order valence-electron chi connectivity index (χ0n) is 15.4. The number of imidazole rings is 1. The summed E-state index contributed by atoms with van der Waals surface area (Å²) in [5.74, 6) is 0.256. The van der Waals surface area contributed by atoms with E-state index in [0.29, 0.717) is 22.4 Å². The van der Waals surface area contributed by atoms with Gasteiger partial charge in [-0.05, 0) is 30.3 Å². The van der Waals surface area contributed by atoms with Crippen LogP contribution in [0.1, 0.15) is 10.5 Å². The molecule has 0 aliphatic carbocycles. The summed E-state index contributed by atoms with van der Waals surface area (Å²) in [5, 5.41) is 14.5. The number of nitrogens with zero attached hydrogens (tertiary/aromatic N) is 4. The summed E-state index contributed by atoms with van der Waals surface area (Å²) in [7, 11) is 0. The van der Waals surface area contributed by atoms with E-state index in [4.69, 9.17) is 0 Å². The number of aromatic nitrogens is 4. The Morgan fingerprint density at radius 1 is 1.07 bits per heavy atom. The fourth-order valence-electron chi connectivity index (χ4n) is 3.36. The number of carbonyl (C=O) groups excluding carboxylic acids is 1. The minimum Gasteiger partial charge on any atom is -0.345 e. The molecule has 0 aliphatic heterocycles. The van der Waals surface area contributed by atoms with E-state index in [2.05, 4.69) is 20.3 Å². The summed E-state index contributed by atoms with van der Waals surface area (Å²) in [5.41, 5.74) is 2.76. The van der Waals surface area contributed by atoms with Gasteiger partial charge in [-0.1, -0.05) is 24.3 Å². The largest absolute Gasteiger partial charge is 0.345 e. The number of pyridine rings is 1. The lowest BCUT2D eigenvalue weighted by Gasteiger charge is -2.06. The average molecular weight is 398 g/mol. The molecule has 0 bridgehead atoms. The van der Waals surface area contributed by atoms with Crippen LogP contribution in [-0.4, -0.2) is 30.3 Å². The van der Waals surface area contributed by atoms with Crippen molar-refractivity contribution in [2.45, 2.75) is 0 Å². The van der Waals surface area contributed by atoms with Gasteiger partial charge >= 0.3 is 0 Å². The highest BCUT2D eigenvalue weighted by Gasteiger charge is 2.17. The van der Waals surface area contributed by atoms with E-state index in [-0.39, 0.29) is 11.4 Å². The highest BCUT2D eigenvalue weighted by atomic mass is 16.6. The van der Waals surface area contributed by atoms with Crippen molar-refractivity contribution in [2.75, 3.05) is 5.32 Å². The smallest absolute Gasteiger partial charge is 0.293 e. The van der Waals surface area contributed by atoms with Crippen LogP contribution in [0.3, 0.4) is 0 Å². The fraction of sp³-hybridized carbons (Fsp3) is 0. The Bertz CT molecular complexity index is 1420. The molecule has 9 nitrogen and oxygen atoms in total. The zero-order chi connectivity index (χ0) is 20.7. The molecule has 1 amide bonds. The first-order valence-electron chi connectivity index (χ1n) is 9.06. The topological polar surface area (TPSA) is 119 Å². The number of non-ortho nitro benzene ring substituents is 1. The molecule has 30 heavy (non-hydrogen) atoms. The second-order valence-corrected chi connectivity index (χ2v) is 6.64. The molecule has 2 N–H and O–H groups in total. The molecule has 0 fully saturated rings. The van der Waals surface area contributed by atoms with Gasteiger partial charge in [-0.2, -0.15) is 0 Å². The molecule has 3 heterocycles. The third-order valence-corrected chi connectivity index (χ3v) is 4.78. The third kappa shape index (κ3) is 2.94. The first-order valence-corrected chi connectivity index (χ1v) is 9.06. The molecule has 2 aromatic carbocycles. The van der Waals surface area contributed by atoms with E-state index < -0.39 is 10.8 Å². The second-order valence-electron chi connectivity index (χ2n) is 6.64. The Labute approximate surface area is 169 Å². The number of fused-ring (bicyclic) bond motifs is 2. The molecule has 0 atom stereocenters. The number of hydrogen-bond acceptors (Lipinski definition) is 5. The molecule has 0 unspecified atom stereocenters. The number of hydrogen-bond donors (Lipinski definition) is 2. The lowest BCUT2D eigenvalue weighted by molar-refractivity contribution is -0.383. The van der Waals surface area contributed by atoms with Crippen molar-refractivity contribution in [1.29, 1.82) is 0 Å². The molecule has 0 radical (unpaired) electrons. The van der Waals surface area contributed by atoms with E-state index in [1.807, 2.05) is 28.8 Å². The maximum absolute atomic E-state index is 12.6. The van der Waals surface area contributed by atoms with Gasteiger partial charge in [-0.15, -0.1) is 0 Å². The molecular formula is C21H14N6O3. The maximum Gasteiger partial charge on any atom is 0.293 e. The van der Waals surface area contributed by atoms with Crippen LogP contribution in [0, 0.1) is 10.1 Å². The molecule has 0 saturated heterocycles. The Morgan fingerprint density at radius 3 is 2.73 bits per heavy atom. The summed E-state index contributed by atoms with van der Waals surface area (Å²) in [6.07, 6.45) is 3.25. The van der Waals surface area contributed by atoms with Crippen molar-refractivity contribution < 1.29 is 9.72 Å². The van der Waals surface area contributed by atoms with Gasteiger partial charge in [0, 0.05) is 11.5 Å². The Hall–Kier alpha value is -4.53. The normalized spacial score (nSPS) is 11.1. The van der Waals surface area contributed by atoms with Crippen LogP contribution < -0.4 is 5.32 Å². The van der Waals surface area contributed by atoms with Crippen LogP contribution in [0.4, 0.5) is 11.4 Å². The Kier molecular flexibility index (Phi) is 3.99. The van der Waals surface area contributed by atoms with Crippen molar-refractivity contribution in [3.63, 3.8) is 0 Å². The molecule has 5 rings (SSSR count). The minimum absolute atomic E-state index is 0.0786. The Morgan fingerprint density at radius 2 is 1.93 bits per heavy atom. The average Bonchev–Trinajstić information content (AvgIpc) is 3.38. The number of anilines is 1. The van der Waals surface area contributed by atoms with Gasteiger partial charge in [0.2, 0.25) is 0 Å². The quantitative estimate of drug-likeness (QED) is 0.349. The van der Waals surface area contributed by atoms with Gasteiger partial charge in [-0.25, -0.2) is 9.97 Å². The van der Waals surface area contributed by atoms with Gasteiger partial charge in [-0.3, -0.25) is 19.5 Å². The lowest BCUT2D eigenvalue weighted by atomic mass is 10.2. The van der Waals surface area contributed by atoms with Crippen LogP contribution in [0.2, 0.25) is 0 Å². The van der Waals surface area contributed by atoms with Crippen LogP contribution in [0.25, 0.3) is 27.8 Å². The molecule has 146 valence electrons. The molecule has 0 saturated carbocycles. The third-order valence-electron chi connectivity index (χ3n) is 4.78. The Balaban J connectivity index is 1.40. The number of amides is 1. The second kappa shape index (κ2) is 6.82. The van der Waals surface area contributed by atoms with Crippen LogP contribution >= 0.6 is 0 Å². The number of para-hydroxylation sites is 3. The molecule has 3 aromatic heterocycles. The summed E-state index contributed by atoms with van der Waals surface area (Å²) in [4.78, 5) is 34.9. The number of nitrogens with one attached hydrogen (secondary N) is 2. The highest BCUT2D eigenvalue weighted by Crippen LogP contribution is 2.26. The molecular weight excluding hydrogens is 384 g/mol. The van der Waals surface area contributed by atoms with E-state index in [9.17, 15) is 14.9 Å². The van der Waals surface area contributed by atoms with Crippen molar-refractivity contribution in [2.24, 2.45) is 0 Å². The standard InChI is InChI=1S/C21H14N6O3/c28-21(16-10-13-4-3-7-18(27(29)30)20(13)25-16)24-14-8-9-19(22-11-14)26-12-23-15-5-1-2-6-17(15)26/h1-12,25H,(H,24,28). The monoisotopic (exact) mass is 398 g/mol. The minimum atomic E-state index is -0.483. The number of rotatable bonds is 4. The predicted molar refractivity (Wildman–Crippen MR) is 112 cm³/mol. The van der Waals surface area contributed by atoms with Gasteiger partial charge in [0.15, 0.2) is 0 Å². The summed E-state index contributed by atoms with van der Waals surface area (Å²) in [6.45, 7) is 0. The number of aromatic amines is 1. The molecule has 0 spiro atoms. The van der Waals surface area contributed by atoms with Crippen molar-refractivity contribution in [3.8, 4) is 5.82 Å². The van der Waals surface area contributed by atoms with Crippen LogP contribution in [0.15, 0.2) is 73.2 Å². The number of benzene rings is 2. The van der Waals surface area contributed by atoms with Gasteiger partial charge < -0.3 is 10.3 Å². The van der Waals surface area contributed by atoms with Crippen LogP contribution in [-0.2, 0) is 0 Å². The summed E-state index contributed by atoms with van der Waals surface area (Å²) < 4.78 is 1.86. The van der Waals surface area contributed by atoms with Crippen molar-refractivity contribution in [1.82, 2.24) is 19.5 Å². The van der Waals surface area contributed by atoms with E-state index in [1.165, 1.54) is 6.07 Å². The predicted octanol–water partition coefficient (Wildman–Crippen LogP) is 4.06. The maximum atomic E-state index is 12.6. The van der Waals surface area contributed by atoms with Gasteiger partial charge in [0.25, 0.3) is 11.6 Å². The number of nitro benzene ring substituents is 1. The molecule has 5 aromatic rings. The van der Waals surface area contributed by atoms with E-state index in [0.717, 1.165) is 11.0 Å². The van der Waals surface area contributed by atoms with E-state index in [1.54, 1.807) is 42.9 Å². The van der Waals surface area contributed by atoms with Crippen molar-refractivity contribution in [3.05, 3.63) is 89.0 Å². The van der Waals surface area contributed by atoms with Gasteiger partial charge in [0.1, 0.15) is 23.4 Å². The number of nitro groups is 1. The van der Waals surface area contributed by atoms with Crippen LogP contribution in [0.5, 0.6) is 0 Å². The SMILES string of the molecule is O=C(Nc1ccc(-n2cnc3ccccc32)nc1)c1cc2cccc([N+](=O)[O-])c2[nH]1. The highest BCUT2D eigenvalue weighted by molar-refractivity contribution is 6.06. The van der Waals surface area contributed by atoms with Crippen molar-refractivity contribution >= 4 is 39.2 Å². The summed E-state index contributed by atoms with van der Waals surface area (Å²) >= 11 is 0. The van der Waals surface area contributed by atoms with Gasteiger partial charge in [0.05, 0.1) is 27.8 Å². The number of H-pyrrole nitrogens is 1. The lowest BCUT2D eigenvalue weighted by Crippen LogP contribution is -2.12. The zero-order valence-corrected chi connectivity index (χ0v) is 15.4. The summed E-state index contributed by atoms with van der Waals surface area (Å²) in [6, 6.07) is 17.5. The molecule has 9 heteroatoms. The fourth-order valence-corrected chi connectivity index (χ4v) is 3.36. The number of carbonyl (C=O) groups is 1. The first kappa shape index (κ1) is 17.6. The molecule has 0 aliphatic rings. The van der Waals surface area contributed by atoms with E-state index >= 15 is 0 Å². The first-order chi connectivity index (χ1) is 14.6.